The monoisotopic (exact) mass is 556 g/mol. The van der Waals surface area contributed by atoms with E-state index in [4.69, 9.17) is 14.5 Å². The number of ether oxygens (including phenoxy) is 2. The lowest BCUT2D eigenvalue weighted by Crippen LogP contribution is -2.44. The smallest absolute Gasteiger partial charge is 0.410 e. The fourth-order valence-electron chi connectivity index (χ4n) is 5.00. The summed E-state index contributed by atoms with van der Waals surface area (Å²) in [7, 11) is 5.59. The highest BCUT2D eigenvalue weighted by molar-refractivity contribution is 5.88. The van der Waals surface area contributed by atoms with E-state index in [1.54, 1.807) is 23.0 Å². The Morgan fingerprint density at radius 2 is 1.93 bits per heavy atom. The Morgan fingerprint density at radius 3 is 2.62 bits per heavy atom. The molecule has 0 radical (unpaired) electrons. The average molecular weight is 557 g/mol. The summed E-state index contributed by atoms with van der Waals surface area (Å²) in [4.78, 5) is 40.2. The predicted molar refractivity (Wildman–Crippen MR) is 156 cm³/mol. The van der Waals surface area contributed by atoms with Crippen molar-refractivity contribution < 1.29 is 19.1 Å². The summed E-state index contributed by atoms with van der Waals surface area (Å²) >= 11 is 0. The van der Waals surface area contributed by atoms with Gasteiger partial charge in [0, 0.05) is 70.5 Å². The van der Waals surface area contributed by atoms with Crippen LogP contribution in [0.3, 0.4) is 0 Å². The lowest BCUT2D eigenvalue weighted by atomic mass is 10.0. The molecule has 40 heavy (non-hydrogen) atoms. The molecule has 1 unspecified atom stereocenters. The summed E-state index contributed by atoms with van der Waals surface area (Å²) in [6.45, 7) is 8.43. The number of rotatable bonds is 11. The van der Waals surface area contributed by atoms with Gasteiger partial charge in [-0.25, -0.2) is 14.8 Å². The number of imidazole rings is 1. The van der Waals surface area contributed by atoms with E-state index in [0.717, 1.165) is 35.5 Å². The summed E-state index contributed by atoms with van der Waals surface area (Å²) < 4.78 is 13.0. The molecule has 2 aliphatic heterocycles. The summed E-state index contributed by atoms with van der Waals surface area (Å²) in [5.74, 6) is 0.737. The molecule has 4 rings (SSSR count). The molecule has 1 atom stereocenters. The maximum Gasteiger partial charge on any atom is 0.410 e. The van der Waals surface area contributed by atoms with E-state index in [1.165, 1.54) is 0 Å². The zero-order valence-corrected chi connectivity index (χ0v) is 24.4. The SMILES string of the molecule is COCCNc1cc(NC2CCN(C(=O)OC3CCN(C(=O)/C=C/CN(C)C)C3)CC2)c2ncn(C(C)C)c2n1. The molecule has 2 aliphatic rings. The Bertz CT molecular complexity index is 1170. The number of piperidine rings is 1. The van der Waals surface area contributed by atoms with E-state index in [1.807, 2.05) is 37.5 Å². The van der Waals surface area contributed by atoms with Crippen LogP contribution in [0.4, 0.5) is 16.3 Å². The quantitative estimate of drug-likeness (QED) is 0.318. The highest BCUT2D eigenvalue weighted by atomic mass is 16.6. The molecule has 12 nitrogen and oxygen atoms in total. The third-order valence-electron chi connectivity index (χ3n) is 7.27. The van der Waals surface area contributed by atoms with Gasteiger partial charge in [-0.3, -0.25) is 4.79 Å². The van der Waals surface area contributed by atoms with Crippen molar-refractivity contribution in [1.82, 2.24) is 29.2 Å². The number of amides is 2. The van der Waals surface area contributed by atoms with Crippen molar-refractivity contribution in [1.29, 1.82) is 0 Å². The van der Waals surface area contributed by atoms with Gasteiger partial charge in [-0.1, -0.05) is 6.08 Å². The maximum absolute atomic E-state index is 12.9. The number of likely N-dealkylation sites (tertiary alicyclic amines) is 2. The van der Waals surface area contributed by atoms with Gasteiger partial charge in [0.2, 0.25) is 5.91 Å². The fourth-order valence-corrected chi connectivity index (χ4v) is 5.00. The molecule has 12 heteroatoms. The number of aromatic nitrogens is 3. The number of nitrogens with one attached hydrogen (secondary N) is 2. The first-order valence-corrected chi connectivity index (χ1v) is 14.2. The standard InChI is InChI=1S/C28H44N8O4/c1-20(2)36-19-30-26-23(17-24(32-27(26)36)29-11-16-39-5)31-21-8-13-34(14-9-21)28(38)40-22-10-15-35(18-22)25(37)7-6-12-33(3)4/h6-7,17,19-22H,8-16,18H2,1-5H3,(H2,29,31,32)/b7-6+. The van der Waals surface area contributed by atoms with Crippen LogP contribution in [0.25, 0.3) is 11.2 Å². The largest absolute Gasteiger partial charge is 0.444 e. The van der Waals surface area contributed by atoms with Crippen molar-refractivity contribution in [3.63, 3.8) is 0 Å². The first kappa shape index (κ1) is 29.6. The van der Waals surface area contributed by atoms with Gasteiger partial charge in [0.25, 0.3) is 0 Å². The molecule has 4 heterocycles. The van der Waals surface area contributed by atoms with Gasteiger partial charge in [0.1, 0.15) is 17.4 Å². The molecule has 2 amide bonds. The zero-order chi connectivity index (χ0) is 28.6. The number of hydrogen-bond donors (Lipinski definition) is 2. The van der Waals surface area contributed by atoms with E-state index in [-0.39, 0.29) is 30.2 Å². The first-order chi connectivity index (χ1) is 19.2. The van der Waals surface area contributed by atoms with Gasteiger partial charge in [-0.05, 0) is 40.8 Å². The number of anilines is 2. The van der Waals surface area contributed by atoms with E-state index >= 15 is 0 Å². The van der Waals surface area contributed by atoms with Crippen LogP contribution >= 0.6 is 0 Å². The van der Waals surface area contributed by atoms with Crippen LogP contribution in [-0.2, 0) is 14.3 Å². The van der Waals surface area contributed by atoms with Crippen LogP contribution < -0.4 is 10.6 Å². The maximum atomic E-state index is 12.9. The second-order valence-electron chi connectivity index (χ2n) is 11.0. The second kappa shape index (κ2) is 13.8. The molecule has 0 spiro atoms. The number of likely N-dealkylation sites (N-methyl/N-ethyl adjacent to an activating group) is 1. The third kappa shape index (κ3) is 7.63. The predicted octanol–water partition coefficient (Wildman–Crippen LogP) is 2.80. The summed E-state index contributed by atoms with van der Waals surface area (Å²) in [6.07, 6.45) is 6.98. The Labute approximate surface area is 236 Å². The number of carbonyl (C=O) groups is 2. The molecule has 2 N–H and O–H groups in total. The number of hydrogen-bond acceptors (Lipinski definition) is 9. The fraction of sp³-hybridized carbons (Fsp3) is 0.643. The average Bonchev–Trinajstić information content (AvgIpc) is 3.57. The van der Waals surface area contributed by atoms with Crippen LogP contribution in [-0.4, -0.2) is 120 Å². The Morgan fingerprint density at radius 1 is 1.18 bits per heavy atom. The second-order valence-corrected chi connectivity index (χ2v) is 11.0. The molecule has 2 fully saturated rings. The van der Waals surface area contributed by atoms with Crippen molar-refractivity contribution in [2.24, 2.45) is 0 Å². The van der Waals surface area contributed by atoms with Crippen molar-refractivity contribution >= 4 is 34.7 Å². The minimum atomic E-state index is -0.299. The summed E-state index contributed by atoms with van der Waals surface area (Å²) in [6, 6.07) is 2.43. The van der Waals surface area contributed by atoms with Gasteiger partial charge in [0.15, 0.2) is 5.65 Å². The van der Waals surface area contributed by atoms with Crippen LogP contribution in [0.5, 0.6) is 0 Å². The number of pyridine rings is 1. The Balaban J connectivity index is 1.30. The van der Waals surface area contributed by atoms with Gasteiger partial charge in [-0.2, -0.15) is 0 Å². The topological polar surface area (TPSA) is 117 Å². The third-order valence-corrected chi connectivity index (χ3v) is 7.27. The molecule has 2 aromatic rings. The van der Waals surface area contributed by atoms with Crippen LogP contribution in [0.1, 0.15) is 39.2 Å². The van der Waals surface area contributed by atoms with Crippen LogP contribution in [0.15, 0.2) is 24.5 Å². The van der Waals surface area contributed by atoms with E-state index < -0.39 is 0 Å². The van der Waals surface area contributed by atoms with Crippen molar-refractivity contribution in [3.8, 4) is 0 Å². The van der Waals surface area contributed by atoms with Crippen molar-refractivity contribution in [2.45, 2.75) is 51.3 Å². The minimum absolute atomic E-state index is 0.0345. The van der Waals surface area contributed by atoms with E-state index in [0.29, 0.717) is 52.3 Å². The van der Waals surface area contributed by atoms with E-state index in [2.05, 4.69) is 34.0 Å². The highest BCUT2D eigenvalue weighted by Crippen LogP contribution is 2.28. The molecule has 220 valence electrons. The van der Waals surface area contributed by atoms with Crippen LogP contribution in [0, 0.1) is 0 Å². The van der Waals surface area contributed by atoms with Gasteiger partial charge < -0.3 is 39.4 Å². The lowest BCUT2D eigenvalue weighted by Gasteiger charge is -2.33. The molecular weight excluding hydrogens is 512 g/mol. The minimum Gasteiger partial charge on any atom is -0.444 e. The van der Waals surface area contributed by atoms with E-state index in [9.17, 15) is 9.59 Å². The highest BCUT2D eigenvalue weighted by Gasteiger charge is 2.31. The normalized spacial score (nSPS) is 18.4. The molecule has 0 bridgehead atoms. The molecule has 2 saturated heterocycles. The van der Waals surface area contributed by atoms with Crippen LogP contribution in [0.2, 0.25) is 0 Å². The number of fused-ring (bicyclic) bond motifs is 1. The summed E-state index contributed by atoms with van der Waals surface area (Å²) in [5.41, 5.74) is 2.60. The van der Waals surface area contributed by atoms with Gasteiger partial charge in [0.05, 0.1) is 25.2 Å². The molecule has 0 aliphatic carbocycles. The zero-order valence-electron chi connectivity index (χ0n) is 24.4. The number of methoxy groups -OCH3 is 1. The summed E-state index contributed by atoms with van der Waals surface area (Å²) in [5, 5.41) is 7.00. The van der Waals surface area contributed by atoms with Gasteiger partial charge in [-0.15, -0.1) is 0 Å². The Kier molecular flexibility index (Phi) is 10.2. The number of nitrogens with zero attached hydrogens (tertiary/aromatic N) is 6. The Hall–Kier alpha value is -3.38. The molecule has 0 aromatic carbocycles. The first-order valence-electron chi connectivity index (χ1n) is 14.2. The van der Waals surface area contributed by atoms with Gasteiger partial charge >= 0.3 is 6.09 Å². The molecule has 0 saturated carbocycles. The number of carbonyl (C=O) groups excluding carboxylic acids is 2. The lowest BCUT2D eigenvalue weighted by molar-refractivity contribution is -0.125. The molecular formula is C28H44N8O4. The molecule has 2 aromatic heterocycles. The van der Waals surface area contributed by atoms with Crippen molar-refractivity contribution in [2.75, 3.05) is 77.7 Å². The van der Waals surface area contributed by atoms with Crippen molar-refractivity contribution in [3.05, 3.63) is 24.5 Å².